The molecule has 1 amide bonds. The van der Waals surface area contributed by atoms with E-state index in [4.69, 9.17) is 47.6 Å². The number of aliphatic hydroxyl groups is 8. The van der Waals surface area contributed by atoms with Gasteiger partial charge in [-0.05, 0) is 19.4 Å². The lowest BCUT2D eigenvalue weighted by Gasteiger charge is -2.50. The molecule has 2 heterocycles. The van der Waals surface area contributed by atoms with Gasteiger partial charge >= 0.3 is 0 Å². The van der Waals surface area contributed by atoms with E-state index in [-0.39, 0.29) is 51.4 Å². The van der Waals surface area contributed by atoms with Crippen LogP contribution in [0.25, 0.3) is 0 Å². The maximum atomic E-state index is 13.1. The monoisotopic (exact) mass is 683 g/mol. The van der Waals surface area contributed by atoms with Crippen LogP contribution in [0.3, 0.4) is 0 Å². The van der Waals surface area contributed by atoms with Crippen molar-refractivity contribution in [3.05, 3.63) is 0 Å². The lowest BCUT2D eigenvalue weighted by atomic mass is 9.75. The number of hydrogen-bond donors (Lipinski definition) is 15. The molecular weight excluding hydrogens is 630 g/mol. The molecular formula is C27H53N7O13. The summed E-state index contributed by atoms with van der Waals surface area (Å²) < 4.78 is 23.6. The zero-order valence-corrected chi connectivity index (χ0v) is 26.0. The first-order valence-electron chi connectivity index (χ1n) is 15.9. The number of hydrogen-bond acceptors (Lipinski definition) is 19. The standard InChI is InChI=1S/C27H53N7O13/c28-2-1-10(36)7-33-16-20(40)18(38)13(6-29)44-24(16)46-22-11(31)3-12(34-26(42)27(43)4-9(30)5-27)23(21(22)41)47-25-19(39)15(32)17(37)14(8-35)45-25/h9-25,33,35-41,43H,1-8,28-32H2,(H,34,42)/t9?,10?,11-,12+,13+,14+,15-,16+,17+,18+,19+,20+,21-,22?,23-,24+,25+,27?/m0/s1. The second kappa shape index (κ2) is 16.2. The fraction of sp³-hybridized carbons (Fsp3) is 0.963. The molecule has 20 heteroatoms. The van der Waals surface area contributed by atoms with Gasteiger partial charge in [-0.1, -0.05) is 0 Å². The lowest BCUT2D eigenvalue weighted by Crippen LogP contribution is -2.71. The zero-order chi connectivity index (χ0) is 34.8. The number of aliphatic hydroxyl groups excluding tert-OH is 7. The van der Waals surface area contributed by atoms with Crippen LogP contribution < -0.4 is 39.3 Å². The van der Waals surface area contributed by atoms with Gasteiger partial charge in [0.25, 0.3) is 5.91 Å². The number of nitrogens with one attached hydrogen (secondary N) is 2. The molecule has 4 aliphatic rings. The molecule has 20 N–H and O–H groups in total. The van der Waals surface area contributed by atoms with Gasteiger partial charge in [0.05, 0.1) is 30.8 Å². The lowest BCUT2D eigenvalue weighted by molar-refractivity contribution is -0.321. The number of ether oxygens (including phenoxy) is 4. The summed E-state index contributed by atoms with van der Waals surface area (Å²) >= 11 is 0. The highest BCUT2D eigenvalue weighted by Crippen LogP contribution is 2.34. The van der Waals surface area contributed by atoms with Gasteiger partial charge in [-0.2, -0.15) is 0 Å². The Kier molecular flexibility index (Phi) is 13.3. The zero-order valence-electron chi connectivity index (χ0n) is 26.0. The van der Waals surface area contributed by atoms with E-state index in [0.29, 0.717) is 0 Å². The van der Waals surface area contributed by atoms with E-state index < -0.39 is 116 Å². The van der Waals surface area contributed by atoms with E-state index in [1.54, 1.807) is 0 Å². The molecule has 2 saturated carbocycles. The third kappa shape index (κ3) is 8.39. The fourth-order valence-corrected chi connectivity index (χ4v) is 6.60. The predicted molar refractivity (Wildman–Crippen MR) is 159 cm³/mol. The van der Waals surface area contributed by atoms with Crippen LogP contribution in [0.5, 0.6) is 0 Å². The van der Waals surface area contributed by atoms with E-state index in [1.807, 2.05) is 0 Å². The molecule has 0 bridgehead atoms. The van der Waals surface area contributed by atoms with Crippen LogP contribution in [0.2, 0.25) is 0 Å². The first-order chi connectivity index (χ1) is 22.1. The third-order valence-electron chi connectivity index (χ3n) is 9.50. The molecule has 0 aromatic rings. The first-order valence-corrected chi connectivity index (χ1v) is 15.9. The first kappa shape index (κ1) is 38.6. The molecule has 2 saturated heterocycles. The number of carbonyl (C=O) groups excluding carboxylic acids is 1. The molecule has 4 fully saturated rings. The Balaban J connectivity index is 1.58. The van der Waals surface area contributed by atoms with Crippen molar-refractivity contribution in [2.75, 3.05) is 26.2 Å². The molecule has 274 valence electrons. The molecule has 0 aromatic carbocycles. The number of amides is 1. The Bertz CT molecular complexity index is 1020. The molecule has 2 aliphatic heterocycles. The molecule has 16 atom stereocenters. The minimum absolute atomic E-state index is 0.00331. The Morgan fingerprint density at radius 1 is 0.894 bits per heavy atom. The van der Waals surface area contributed by atoms with Crippen LogP contribution in [0.1, 0.15) is 25.7 Å². The number of nitrogens with two attached hydrogens (primary N) is 5. The maximum Gasteiger partial charge on any atom is 0.252 e. The Morgan fingerprint density at radius 2 is 1.53 bits per heavy atom. The summed E-state index contributed by atoms with van der Waals surface area (Å²) in [5.74, 6) is -0.791. The van der Waals surface area contributed by atoms with Gasteiger partial charge in [-0.25, -0.2) is 0 Å². The van der Waals surface area contributed by atoms with Crippen molar-refractivity contribution in [3.63, 3.8) is 0 Å². The summed E-state index contributed by atoms with van der Waals surface area (Å²) in [7, 11) is 0. The van der Waals surface area contributed by atoms with E-state index in [0.717, 1.165) is 0 Å². The van der Waals surface area contributed by atoms with Crippen LogP contribution >= 0.6 is 0 Å². The minimum Gasteiger partial charge on any atom is -0.394 e. The highest BCUT2D eigenvalue weighted by molar-refractivity contribution is 5.86. The Morgan fingerprint density at radius 3 is 2.13 bits per heavy atom. The second-order valence-corrected chi connectivity index (χ2v) is 13.1. The van der Waals surface area contributed by atoms with Gasteiger partial charge in [0.15, 0.2) is 12.6 Å². The van der Waals surface area contributed by atoms with Crippen LogP contribution in [-0.4, -0.2) is 182 Å². The Labute approximate surface area is 271 Å². The van der Waals surface area contributed by atoms with E-state index in [2.05, 4.69) is 10.6 Å². The van der Waals surface area contributed by atoms with E-state index in [1.165, 1.54) is 0 Å². The Hall–Kier alpha value is -1.25. The summed E-state index contributed by atoms with van der Waals surface area (Å²) in [6, 6.07) is -4.99. The smallest absolute Gasteiger partial charge is 0.252 e. The van der Waals surface area contributed by atoms with Gasteiger partial charge in [-0.3, -0.25) is 4.79 Å². The largest absolute Gasteiger partial charge is 0.394 e. The molecule has 4 rings (SSSR count). The van der Waals surface area contributed by atoms with Crippen LogP contribution in [0.15, 0.2) is 0 Å². The second-order valence-electron chi connectivity index (χ2n) is 13.1. The number of carbonyl (C=O) groups is 1. The van der Waals surface area contributed by atoms with Crippen molar-refractivity contribution < 1.29 is 64.6 Å². The fourth-order valence-electron chi connectivity index (χ4n) is 6.60. The van der Waals surface area contributed by atoms with Gasteiger partial charge in [-0.15, -0.1) is 0 Å². The summed E-state index contributed by atoms with van der Waals surface area (Å²) in [6.07, 6.45) is -16.6. The maximum absolute atomic E-state index is 13.1. The molecule has 20 nitrogen and oxygen atoms in total. The third-order valence-corrected chi connectivity index (χ3v) is 9.50. The van der Waals surface area contributed by atoms with Gasteiger partial charge in [0, 0.05) is 38.0 Å². The predicted octanol–water partition coefficient (Wildman–Crippen LogP) is -8.97. The molecule has 0 aromatic heterocycles. The SMILES string of the molecule is NCCC(O)CN[C@H]1[C@@H](OC2[C@@H](N)C[C@@H](NC(=O)C3(O)CC(N)C3)[C@H](O[C@H]3O[C@H](CO)[C@@H](O)[C@H](N)[C@H]3O)[C@H]2O)O[C@H](CN)[C@@H](O)[C@@H]1O. The molecule has 0 radical (unpaired) electrons. The van der Waals surface area contributed by atoms with Crippen molar-refractivity contribution in [1.29, 1.82) is 0 Å². The molecule has 47 heavy (non-hydrogen) atoms. The van der Waals surface area contributed by atoms with Gasteiger partial charge < -0.3 is 99.1 Å². The summed E-state index contributed by atoms with van der Waals surface area (Å²) in [4.78, 5) is 13.1. The average molecular weight is 684 g/mol. The summed E-state index contributed by atoms with van der Waals surface area (Å²) in [5, 5.41) is 90.4. The summed E-state index contributed by atoms with van der Waals surface area (Å²) in [5.41, 5.74) is 27.7. The topological polar surface area (TPSA) is 370 Å². The van der Waals surface area contributed by atoms with Crippen LogP contribution in [-0.2, 0) is 23.7 Å². The van der Waals surface area contributed by atoms with Crippen molar-refractivity contribution in [2.24, 2.45) is 28.7 Å². The molecule has 0 spiro atoms. The van der Waals surface area contributed by atoms with Crippen molar-refractivity contribution >= 4 is 5.91 Å². The normalized spacial score (nSPS) is 48.0. The molecule has 2 aliphatic carbocycles. The highest BCUT2D eigenvalue weighted by atomic mass is 16.7. The number of rotatable bonds is 13. The highest BCUT2D eigenvalue weighted by Gasteiger charge is 2.54. The van der Waals surface area contributed by atoms with Gasteiger partial charge in [0.2, 0.25) is 0 Å². The van der Waals surface area contributed by atoms with Crippen LogP contribution in [0.4, 0.5) is 0 Å². The van der Waals surface area contributed by atoms with Gasteiger partial charge in [0.1, 0.15) is 60.5 Å². The van der Waals surface area contributed by atoms with E-state index in [9.17, 15) is 45.6 Å². The summed E-state index contributed by atoms with van der Waals surface area (Å²) in [6.45, 7) is -0.758. The quantitative estimate of drug-likeness (QED) is 0.0856. The van der Waals surface area contributed by atoms with Crippen molar-refractivity contribution in [3.8, 4) is 0 Å². The van der Waals surface area contributed by atoms with Crippen LogP contribution in [0, 0.1) is 0 Å². The van der Waals surface area contributed by atoms with Crippen molar-refractivity contribution in [2.45, 2.75) is 135 Å². The van der Waals surface area contributed by atoms with Crippen molar-refractivity contribution in [1.82, 2.24) is 10.6 Å². The molecule has 2 unspecified atom stereocenters. The van der Waals surface area contributed by atoms with E-state index >= 15 is 0 Å². The average Bonchev–Trinajstić information content (AvgIpc) is 3.01. The minimum atomic E-state index is -1.76.